The number of isothiocyanates is 1. The Balaban J connectivity index is 0.000000195. The normalized spacial score (nSPS) is 9.76. The summed E-state index contributed by atoms with van der Waals surface area (Å²) in [5, 5.41) is 11.1. The van der Waals surface area contributed by atoms with Crippen molar-refractivity contribution < 1.29 is 13.2 Å². The number of halogens is 3. The Morgan fingerprint density at radius 2 is 0.940 bits per heavy atom. The van der Waals surface area contributed by atoms with Crippen LogP contribution in [0.4, 0.5) is 18.9 Å². The van der Waals surface area contributed by atoms with Crippen LogP contribution in [0.5, 0.6) is 0 Å². The van der Waals surface area contributed by atoms with E-state index in [9.17, 15) is 13.2 Å². The Morgan fingerprint density at radius 3 is 1.42 bits per heavy atom. The highest BCUT2D eigenvalue weighted by atomic mass is 32.1. The molecule has 0 heterocycles. The molecule has 0 fully saturated rings. The number of hydrogen-bond acceptors (Lipinski definition) is 3. The fourth-order valence-electron chi connectivity index (χ4n) is 4.79. The summed E-state index contributed by atoms with van der Waals surface area (Å²) >= 11 is 4.58. The number of rotatable bonds is 3. The third-order valence-electron chi connectivity index (χ3n) is 7.49. The van der Waals surface area contributed by atoms with Gasteiger partial charge in [0, 0.05) is 16.7 Å². The van der Waals surface area contributed by atoms with Crippen LogP contribution in [0.2, 0.25) is 0 Å². The van der Waals surface area contributed by atoms with Gasteiger partial charge < -0.3 is 0 Å². The lowest BCUT2D eigenvalue weighted by molar-refractivity contribution is 0.575. The molecule has 6 aromatic carbocycles. The van der Waals surface area contributed by atoms with Crippen LogP contribution >= 0.6 is 12.2 Å². The van der Waals surface area contributed by atoms with Crippen LogP contribution in [-0.2, 0) is 0 Å². The Bertz CT molecular complexity index is 2340. The summed E-state index contributed by atoms with van der Waals surface area (Å²) in [5.41, 5.74) is 8.51. The minimum atomic E-state index is -0.648. The zero-order chi connectivity index (χ0) is 35.5. The highest BCUT2D eigenvalue weighted by molar-refractivity contribution is 7.78. The van der Waals surface area contributed by atoms with E-state index in [1.807, 2.05) is 110 Å². The Hall–Kier alpha value is -6.48. The highest BCUT2D eigenvalue weighted by Gasteiger charge is 2.07. The Labute approximate surface area is 295 Å². The second kappa shape index (κ2) is 16.6. The number of nitriles is 1. The van der Waals surface area contributed by atoms with Crippen molar-refractivity contribution in [3.8, 4) is 52.0 Å². The molecule has 6 aromatic rings. The van der Waals surface area contributed by atoms with Crippen molar-refractivity contribution in [3.63, 3.8) is 0 Å². The molecule has 0 aliphatic heterocycles. The summed E-state index contributed by atoms with van der Waals surface area (Å²) in [4.78, 5) is 3.91. The van der Waals surface area contributed by atoms with Crippen LogP contribution in [0.15, 0.2) is 132 Å². The van der Waals surface area contributed by atoms with Gasteiger partial charge >= 0.3 is 0 Å². The van der Waals surface area contributed by atoms with Crippen molar-refractivity contribution in [1.29, 1.82) is 5.26 Å². The molecule has 0 unspecified atom stereocenters. The van der Waals surface area contributed by atoms with Crippen molar-refractivity contribution >= 4 is 23.1 Å². The van der Waals surface area contributed by atoms with Crippen molar-refractivity contribution in [1.82, 2.24) is 0 Å². The quantitative estimate of drug-likeness (QED) is 0.107. The molecule has 0 radical (unpaired) electrons. The third-order valence-corrected chi connectivity index (χ3v) is 7.58. The molecule has 0 spiro atoms. The fourth-order valence-corrected chi connectivity index (χ4v) is 4.90. The van der Waals surface area contributed by atoms with Crippen molar-refractivity contribution in [3.05, 3.63) is 184 Å². The summed E-state index contributed by atoms with van der Waals surface area (Å²) in [6.45, 7) is 3.68. The maximum Gasteiger partial charge on any atom is 0.142 e. The van der Waals surface area contributed by atoms with Crippen molar-refractivity contribution in [2.75, 3.05) is 0 Å². The lowest BCUT2D eigenvalue weighted by atomic mass is 10.0. The summed E-state index contributed by atoms with van der Waals surface area (Å²) in [6.07, 6.45) is 0. The van der Waals surface area contributed by atoms with E-state index in [1.165, 1.54) is 29.8 Å². The molecule has 6 rings (SSSR count). The molecular weight excluding hydrogens is 646 g/mol. The maximum atomic E-state index is 13.8. The standard InChI is InChI=1S/C22H13F2NS.C22H14FN/c1-15-12-21(23)20(22(24)13-15)11-4-16-2-5-17(6-3-16)18-7-9-19(10-8-18)25-14-26;1-16-2-4-17(5-3-16)6-7-18-8-10-19(11-9-18)20-12-13-21(15-24)22(23)14-20/h2-3,5-10,12-13H,1H3;2-5,8-14H,1H3. The predicted octanol–water partition coefficient (Wildman–Crippen LogP) is 11.1. The van der Waals surface area contributed by atoms with E-state index < -0.39 is 17.5 Å². The average Bonchev–Trinajstić information content (AvgIpc) is 3.12. The van der Waals surface area contributed by atoms with Crippen LogP contribution in [0, 0.1) is 66.3 Å². The zero-order valence-electron chi connectivity index (χ0n) is 27.1. The monoisotopic (exact) mass is 672 g/mol. The molecule has 6 heteroatoms. The molecule has 0 aliphatic carbocycles. The first-order chi connectivity index (χ1) is 24.2. The second-order valence-electron chi connectivity index (χ2n) is 11.2. The molecule has 0 saturated carbocycles. The number of thiocarbonyl (C=S) groups is 1. The van der Waals surface area contributed by atoms with E-state index in [1.54, 1.807) is 13.0 Å². The largest absolute Gasteiger partial charge is 0.206 e. The van der Waals surface area contributed by atoms with Crippen molar-refractivity contribution in [2.45, 2.75) is 13.8 Å². The fraction of sp³-hybridized carbons (Fsp3) is 0.0455. The summed E-state index contributed by atoms with van der Waals surface area (Å²) in [6, 6.07) is 39.7. The van der Waals surface area contributed by atoms with Gasteiger partial charge in [0.15, 0.2) is 0 Å². The molecule has 0 N–H and O–H groups in total. The number of benzene rings is 6. The third kappa shape index (κ3) is 9.32. The average molecular weight is 673 g/mol. The molecule has 0 bridgehead atoms. The van der Waals surface area contributed by atoms with Gasteiger partial charge in [0.05, 0.1) is 22.0 Å². The second-order valence-corrected chi connectivity index (χ2v) is 11.4. The SMILES string of the molecule is Cc1cc(F)c(C#Cc2ccc(-c3ccc(N=C=S)cc3)cc2)c(F)c1.Cc1ccc(C#Cc2ccc(-c3ccc(C#N)c(F)c3)cc2)cc1. The van der Waals surface area contributed by atoms with Gasteiger partial charge in [-0.05, 0) is 127 Å². The number of nitrogens with zero attached hydrogens (tertiary/aromatic N) is 2. The van der Waals surface area contributed by atoms with Crippen LogP contribution < -0.4 is 0 Å². The molecule has 0 atom stereocenters. The molecule has 0 aliphatic rings. The van der Waals surface area contributed by atoms with Crippen LogP contribution in [0.1, 0.15) is 38.9 Å². The molecule has 0 saturated heterocycles. The van der Waals surface area contributed by atoms with Gasteiger partial charge in [0.2, 0.25) is 0 Å². The van der Waals surface area contributed by atoms with Crippen molar-refractivity contribution in [2.24, 2.45) is 4.99 Å². The summed E-state index contributed by atoms with van der Waals surface area (Å²) in [5.74, 6) is 9.83. The molecular formula is C44H27F3N2S. The van der Waals surface area contributed by atoms with E-state index in [2.05, 4.69) is 46.1 Å². The van der Waals surface area contributed by atoms with Gasteiger partial charge in [0.25, 0.3) is 0 Å². The van der Waals surface area contributed by atoms with Gasteiger partial charge in [-0.2, -0.15) is 10.3 Å². The van der Waals surface area contributed by atoms with E-state index in [0.29, 0.717) is 11.1 Å². The zero-order valence-corrected chi connectivity index (χ0v) is 27.9. The maximum absolute atomic E-state index is 13.8. The number of aliphatic imine (C=N–C) groups is 1. The smallest absolute Gasteiger partial charge is 0.142 e. The van der Waals surface area contributed by atoms with Gasteiger partial charge in [-0.1, -0.05) is 83.8 Å². The van der Waals surface area contributed by atoms with E-state index in [4.69, 9.17) is 5.26 Å². The molecule has 240 valence electrons. The van der Waals surface area contributed by atoms with Gasteiger partial charge in [-0.3, -0.25) is 0 Å². The number of aryl methyl sites for hydroxylation is 2. The van der Waals surface area contributed by atoms with Crippen LogP contribution in [0.25, 0.3) is 22.3 Å². The predicted molar refractivity (Wildman–Crippen MR) is 197 cm³/mol. The van der Waals surface area contributed by atoms with E-state index >= 15 is 0 Å². The highest BCUT2D eigenvalue weighted by Crippen LogP contribution is 2.24. The molecule has 50 heavy (non-hydrogen) atoms. The number of hydrogen-bond donors (Lipinski definition) is 0. The van der Waals surface area contributed by atoms with Crippen LogP contribution in [-0.4, -0.2) is 5.16 Å². The minimum absolute atomic E-state index is 0.0549. The van der Waals surface area contributed by atoms with Gasteiger partial charge in [-0.15, -0.1) is 0 Å². The molecule has 0 amide bonds. The first-order valence-corrected chi connectivity index (χ1v) is 15.8. The lowest BCUT2D eigenvalue weighted by Crippen LogP contribution is -1.91. The lowest BCUT2D eigenvalue weighted by Gasteiger charge is -2.03. The van der Waals surface area contributed by atoms with E-state index in [-0.39, 0.29) is 11.1 Å². The minimum Gasteiger partial charge on any atom is -0.206 e. The first kappa shape index (κ1) is 34.8. The summed E-state index contributed by atoms with van der Waals surface area (Å²) < 4.78 is 41.4. The Kier molecular flexibility index (Phi) is 11.5. The molecule has 0 aromatic heterocycles. The summed E-state index contributed by atoms with van der Waals surface area (Å²) in [7, 11) is 0. The van der Waals surface area contributed by atoms with Gasteiger partial charge in [-0.25, -0.2) is 13.2 Å². The topological polar surface area (TPSA) is 36.1 Å². The van der Waals surface area contributed by atoms with Crippen LogP contribution in [0.3, 0.4) is 0 Å². The Morgan fingerprint density at radius 1 is 0.500 bits per heavy atom. The molecule has 2 nitrogen and oxygen atoms in total. The van der Waals surface area contributed by atoms with E-state index in [0.717, 1.165) is 39.1 Å². The first-order valence-electron chi connectivity index (χ1n) is 15.4. The van der Waals surface area contributed by atoms with Gasteiger partial charge in [0.1, 0.15) is 23.5 Å².